The Morgan fingerprint density at radius 3 is 2.47 bits per heavy atom. The first kappa shape index (κ1) is 21.4. The van der Waals surface area contributed by atoms with E-state index in [1.165, 1.54) is 0 Å². The van der Waals surface area contributed by atoms with Crippen molar-refractivity contribution in [2.24, 2.45) is 7.05 Å². The smallest absolute Gasteiger partial charge is 0.417 e. The molecular weight excluding hydrogens is 406 g/mol. The number of rotatable bonds is 6. The minimum absolute atomic E-state index is 0.00961. The molecule has 3 rings (SSSR count). The number of halogens is 1. The van der Waals surface area contributed by atoms with E-state index in [1.807, 2.05) is 27.0 Å². The molecule has 0 saturated heterocycles. The molecule has 0 atom stereocenters. The minimum Gasteiger partial charge on any atom is -0.478 e. The number of carbonyl (C=O) groups is 2. The molecule has 0 saturated carbocycles. The fraction of sp³-hybridized carbons (Fsp3) is 0.227. The summed E-state index contributed by atoms with van der Waals surface area (Å²) >= 11 is 5.83. The number of benzene rings is 2. The van der Waals surface area contributed by atoms with Crippen LogP contribution in [0.3, 0.4) is 0 Å². The predicted molar refractivity (Wildman–Crippen MR) is 115 cm³/mol. The fourth-order valence-corrected chi connectivity index (χ4v) is 3.27. The van der Waals surface area contributed by atoms with E-state index in [0.29, 0.717) is 17.2 Å². The Kier molecular flexibility index (Phi) is 6.42. The number of amides is 1. The number of aromatic nitrogens is 2. The molecule has 2 N–H and O–H groups in total. The molecule has 0 spiro atoms. The Bertz CT molecular complexity index is 1070. The summed E-state index contributed by atoms with van der Waals surface area (Å²) in [4.78, 5) is 24.2. The largest absolute Gasteiger partial charge is 0.478 e. The van der Waals surface area contributed by atoms with E-state index in [0.717, 1.165) is 16.8 Å². The van der Waals surface area contributed by atoms with Crippen molar-refractivity contribution in [3.8, 4) is 5.75 Å². The van der Waals surface area contributed by atoms with Gasteiger partial charge in [-0.1, -0.05) is 25.4 Å². The normalized spacial score (nSPS) is 10.8. The molecule has 1 amide bonds. The number of anilines is 1. The first-order valence-corrected chi connectivity index (χ1v) is 9.73. The first-order valence-electron chi connectivity index (χ1n) is 9.36. The van der Waals surface area contributed by atoms with Crippen LogP contribution in [0.15, 0.2) is 48.7 Å². The van der Waals surface area contributed by atoms with Crippen LogP contribution in [0.4, 0.5) is 10.5 Å². The molecule has 0 aliphatic carbocycles. The molecule has 3 aromatic rings. The maximum atomic E-state index is 12.3. The van der Waals surface area contributed by atoms with Gasteiger partial charge in [-0.05, 0) is 59.5 Å². The number of hydrogen-bond acceptors (Lipinski definition) is 4. The second kappa shape index (κ2) is 9.00. The Hall–Kier alpha value is -3.32. The maximum Gasteiger partial charge on any atom is 0.417 e. The minimum atomic E-state index is -1.14. The molecule has 0 aliphatic heterocycles. The van der Waals surface area contributed by atoms with E-state index < -0.39 is 12.1 Å². The quantitative estimate of drug-likeness (QED) is 0.571. The predicted octanol–water partition coefficient (Wildman–Crippen LogP) is 5.10. The van der Waals surface area contributed by atoms with Gasteiger partial charge in [0.25, 0.3) is 0 Å². The molecule has 2 aromatic carbocycles. The van der Waals surface area contributed by atoms with Gasteiger partial charge in [-0.2, -0.15) is 5.10 Å². The molecule has 1 heterocycles. The van der Waals surface area contributed by atoms with Crippen molar-refractivity contribution in [1.29, 1.82) is 0 Å². The highest BCUT2D eigenvalue weighted by Crippen LogP contribution is 2.29. The van der Waals surface area contributed by atoms with Gasteiger partial charge in [0.2, 0.25) is 0 Å². The van der Waals surface area contributed by atoms with Crippen molar-refractivity contribution in [3.05, 3.63) is 76.1 Å². The number of ether oxygens (including phenoxy) is 1. The number of aryl methyl sites for hydroxylation is 1. The van der Waals surface area contributed by atoms with Crippen LogP contribution in [0.25, 0.3) is 0 Å². The molecule has 0 aliphatic rings. The highest BCUT2D eigenvalue weighted by Gasteiger charge is 2.20. The summed E-state index contributed by atoms with van der Waals surface area (Å²) in [5, 5.41) is 16.9. The van der Waals surface area contributed by atoms with Crippen LogP contribution in [0.1, 0.15) is 46.9 Å². The maximum absolute atomic E-state index is 12.3. The van der Waals surface area contributed by atoms with Gasteiger partial charge in [0.1, 0.15) is 5.75 Å². The molecule has 30 heavy (non-hydrogen) atoms. The Balaban J connectivity index is 1.92. The van der Waals surface area contributed by atoms with E-state index >= 15 is 0 Å². The lowest BCUT2D eigenvalue weighted by Crippen LogP contribution is -2.19. The zero-order chi connectivity index (χ0) is 21.8. The highest BCUT2D eigenvalue weighted by atomic mass is 35.5. The van der Waals surface area contributed by atoms with Crippen molar-refractivity contribution in [1.82, 2.24) is 9.78 Å². The van der Waals surface area contributed by atoms with Gasteiger partial charge in [-0.15, -0.1) is 0 Å². The number of carboxylic acid groups (broad SMARTS) is 1. The second-order valence-corrected chi connectivity index (χ2v) is 7.58. The number of nitrogens with zero attached hydrogens (tertiary/aromatic N) is 2. The number of nitrogens with one attached hydrogen (secondary N) is 1. The van der Waals surface area contributed by atoms with Crippen LogP contribution in [0, 0.1) is 0 Å². The molecular formula is C22H22ClN3O4. The van der Waals surface area contributed by atoms with E-state index in [1.54, 1.807) is 47.3 Å². The highest BCUT2D eigenvalue weighted by molar-refractivity contribution is 6.30. The van der Waals surface area contributed by atoms with Crippen LogP contribution in [-0.2, 0) is 13.5 Å². The molecule has 0 radical (unpaired) electrons. The molecule has 7 nitrogen and oxygen atoms in total. The monoisotopic (exact) mass is 427 g/mol. The van der Waals surface area contributed by atoms with Crippen molar-refractivity contribution in [2.75, 3.05) is 5.32 Å². The van der Waals surface area contributed by atoms with Gasteiger partial charge in [-0.25, -0.2) is 9.59 Å². The zero-order valence-corrected chi connectivity index (χ0v) is 17.6. The molecule has 156 valence electrons. The van der Waals surface area contributed by atoms with E-state index in [-0.39, 0.29) is 17.2 Å². The molecule has 0 unspecified atom stereocenters. The summed E-state index contributed by atoms with van der Waals surface area (Å²) in [6, 6.07) is 11.5. The average Bonchev–Trinajstić information content (AvgIpc) is 3.08. The number of aromatic carboxylic acids is 1. The summed E-state index contributed by atoms with van der Waals surface area (Å²) in [7, 11) is 1.84. The van der Waals surface area contributed by atoms with Crippen LogP contribution in [0.5, 0.6) is 5.75 Å². The lowest BCUT2D eigenvalue weighted by molar-refractivity contribution is 0.0698. The zero-order valence-electron chi connectivity index (χ0n) is 16.8. The topological polar surface area (TPSA) is 93.4 Å². The lowest BCUT2D eigenvalue weighted by Gasteiger charge is -2.18. The average molecular weight is 428 g/mol. The molecule has 0 fully saturated rings. The Morgan fingerprint density at radius 2 is 1.90 bits per heavy atom. The number of hydrogen-bond donors (Lipinski definition) is 2. The summed E-state index contributed by atoms with van der Waals surface area (Å²) in [6.07, 6.45) is 1.44. The molecule has 1 aromatic heterocycles. The summed E-state index contributed by atoms with van der Waals surface area (Å²) in [5.74, 6) is -0.729. The lowest BCUT2D eigenvalue weighted by atomic mass is 9.91. The van der Waals surface area contributed by atoms with E-state index in [9.17, 15) is 14.7 Å². The van der Waals surface area contributed by atoms with E-state index in [2.05, 4.69) is 10.4 Å². The van der Waals surface area contributed by atoms with Crippen molar-refractivity contribution >= 4 is 29.4 Å². The van der Waals surface area contributed by atoms with Crippen LogP contribution < -0.4 is 10.1 Å². The SMILES string of the molecule is CC(C)c1cc(NC(=O)Oc2ccc(Cl)cc2)c(C(=O)O)cc1Cc1ccnn1C. The Morgan fingerprint density at radius 1 is 1.20 bits per heavy atom. The van der Waals surface area contributed by atoms with Crippen molar-refractivity contribution < 1.29 is 19.4 Å². The Labute approximate surface area is 179 Å². The third-order valence-corrected chi connectivity index (χ3v) is 4.94. The third kappa shape index (κ3) is 4.99. The standard InChI is InChI=1S/C22H22ClN3O4/c1-13(2)18-12-20(25-22(29)30-17-6-4-15(23)5-7-17)19(21(27)28)11-14(18)10-16-8-9-24-26(16)3/h4-9,11-13H,10H2,1-3H3,(H,25,29)(H,27,28). The van der Waals surface area contributed by atoms with E-state index in [4.69, 9.17) is 16.3 Å². The van der Waals surface area contributed by atoms with Gasteiger partial charge < -0.3 is 9.84 Å². The summed E-state index contributed by atoms with van der Waals surface area (Å²) < 4.78 is 6.98. The van der Waals surface area contributed by atoms with Gasteiger partial charge >= 0.3 is 12.1 Å². The van der Waals surface area contributed by atoms with Gasteiger partial charge in [0, 0.05) is 30.4 Å². The molecule has 8 heteroatoms. The van der Waals surface area contributed by atoms with Gasteiger partial charge in [0.05, 0.1) is 11.3 Å². The van der Waals surface area contributed by atoms with Crippen LogP contribution >= 0.6 is 11.6 Å². The summed E-state index contributed by atoms with van der Waals surface area (Å²) in [6.45, 7) is 4.02. The third-order valence-electron chi connectivity index (χ3n) is 4.69. The van der Waals surface area contributed by atoms with Gasteiger partial charge in [0.15, 0.2) is 0 Å². The first-order chi connectivity index (χ1) is 14.2. The van der Waals surface area contributed by atoms with Gasteiger partial charge in [-0.3, -0.25) is 10.00 Å². The van der Waals surface area contributed by atoms with Crippen LogP contribution in [0.2, 0.25) is 5.02 Å². The number of carboxylic acids is 1. The fourth-order valence-electron chi connectivity index (χ4n) is 3.15. The summed E-state index contributed by atoms with van der Waals surface area (Å²) in [5.41, 5.74) is 2.92. The second-order valence-electron chi connectivity index (χ2n) is 7.15. The van der Waals surface area contributed by atoms with Crippen molar-refractivity contribution in [2.45, 2.75) is 26.2 Å². The molecule has 0 bridgehead atoms. The van der Waals surface area contributed by atoms with Crippen molar-refractivity contribution in [3.63, 3.8) is 0 Å². The van der Waals surface area contributed by atoms with Crippen LogP contribution in [-0.4, -0.2) is 26.9 Å². The number of carbonyl (C=O) groups excluding carboxylic acids is 1.